The van der Waals surface area contributed by atoms with E-state index >= 15 is 0 Å². The zero-order valence-electron chi connectivity index (χ0n) is 17.0. The SMILES string of the molecule is CC(C)(C)c1ccc(Oc2ccc(C=NNc3cccc(C(F)(F)F)c3)cc2)cc1. The normalized spacial score (nSPS) is 12.2. The summed E-state index contributed by atoms with van der Waals surface area (Å²) in [7, 11) is 0. The van der Waals surface area contributed by atoms with Gasteiger partial charge in [0.25, 0.3) is 0 Å². The van der Waals surface area contributed by atoms with Gasteiger partial charge in [-0.1, -0.05) is 39.0 Å². The number of hydrogen-bond acceptors (Lipinski definition) is 3. The van der Waals surface area contributed by atoms with Crippen molar-refractivity contribution in [1.29, 1.82) is 0 Å². The van der Waals surface area contributed by atoms with E-state index in [-0.39, 0.29) is 11.1 Å². The molecule has 30 heavy (non-hydrogen) atoms. The summed E-state index contributed by atoms with van der Waals surface area (Å²) in [6.07, 6.45) is -2.85. The Morgan fingerprint density at radius 3 is 1.97 bits per heavy atom. The molecule has 0 amide bonds. The second kappa shape index (κ2) is 8.61. The number of benzene rings is 3. The first-order valence-electron chi connectivity index (χ1n) is 9.46. The standard InChI is InChI=1S/C24H23F3N2O/c1-23(2,3)18-9-13-22(14-10-18)30-21-11-7-17(8-12-21)16-28-29-20-6-4-5-19(15-20)24(25,26)27/h4-16,29H,1-3H3. The highest BCUT2D eigenvalue weighted by Crippen LogP contribution is 2.30. The molecule has 3 aromatic carbocycles. The number of halogens is 3. The Balaban J connectivity index is 1.59. The van der Waals surface area contributed by atoms with Crippen LogP contribution in [0.15, 0.2) is 77.9 Å². The van der Waals surface area contributed by atoms with Gasteiger partial charge in [0.2, 0.25) is 0 Å². The molecule has 3 nitrogen and oxygen atoms in total. The van der Waals surface area contributed by atoms with Crippen LogP contribution in [0.1, 0.15) is 37.5 Å². The lowest BCUT2D eigenvalue weighted by atomic mass is 9.87. The van der Waals surface area contributed by atoms with Crippen LogP contribution >= 0.6 is 0 Å². The van der Waals surface area contributed by atoms with E-state index in [2.05, 4.69) is 43.4 Å². The number of anilines is 1. The molecule has 0 saturated carbocycles. The molecule has 156 valence electrons. The lowest BCUT2D eigenvalue weighted by molar-refractivity contribution is -0.137. The van der Waals surface area contributed by atoms with Gasteiger partial charge in [0.05, 0.1) is 17.5 Å². The first-order valence-corrected chi connectivity index (χ1v) is 9.46. The van der Waals surface area contributed by atoms with Crippen LogP contribution in [0.3, 0.4) is 0 Å². The molecule has 0 aliphatic rings. The summed E-state index contributed by atoms with van der Waals surface area (Å²) in [5.41, 5.74) is 4.26. The Labute approximate surface area is 174 Å². The van der Waals surface area contributed by atoms with Gasteiger partial charge in [0.15, 0.2) is 0 Å². The second-order valence-electron chi connectivity index (χ2n) is 7.89. The van der Waals surface area contributed by atoms with Crippen LogP contribution < -0.4 is 10.2 Å². The van der Waals surface area contributed by atoms with E-state index in [1.54, 1.807) is 0 Å². The average Bonchev–Trinajstić information content (AvgIpc) is 2.69. The quantitative estimate of drug-likeness (QED) is 0.354. The summed E-state index contributed by atoms with van der Waals surface area (Å²) < 4.78 is 44.1. The topological polar surface area (TPSA) is 33.6 Å². The Hall–Kier alpha value is -3.28. The predicted molar refractivity (Wildman–Crippen MR) is 114 cm³/mol. The van der Waals surface area contributed by atoms with Gasteiger partial charge in [-0.15, -0.1) is 0 Å². The van der Waals surface area contributed by atoms with Crippen LogP contribution in [-0.2, 0) is 11.6 Å². The van der Waals surface area contributed by atoms with Gasteiger partial charge in [-0.25, -0.2) is 0 Å². The van der Waals surface area contributed by atoms with Crippen molar-refractivity contribution >= 4 is 11.9 Å². The van der Waals surface area contributed by atoms with Crippen molar-refractivity contribution in [2.45, 2.75) is 32.4 Å². The molecule has 0 bridgehead atoms. The van der Waals surface area contributed by atoms with Gasteiger partial charge >= 0.3 is 6.18 Å². The van der Waals surface area contributed by atoms with Crippen molar-refractivity contribution in [3.05, 3.63) is 89.5 Å². The molecule has 0 saturated heterocycles. The predicted octanol–water partition coefficient (Wildman–Crippen LogP) is 7.24. The maximum atomic E-state index is 12.7. The summed E-state index contributed by atoms with van der Waals surface area (Å²) in [6, 6.07) is 20.1. The number of alkyl halides is 3. The van der Waals surface area contributed by atoms with Crippen molar-refractivity contribution < 1.29 is 17.9 Å². The molecule has 3 rings (SSSR count). The van der Waals surface area contributed by atoms with Gasteiger partial charge in [0, 0.05) is 0 Å². The summed E-state index contributed by atoms with van der Waals surface area (Å²) in [6.45, 7) is 6.47. The summed E-state index contributed by atoms with van der Waals surface area (Å²) >= 11 is 0. The molecular formula is C24H23F3N2O. The molecule has 0 fully saturated rings. The van der Waals surface area contributed by atoms with Gasteiger partial charge in [-0.2, -0.15) is 18.3 Å². The molecule has 0 atom stereocenters. The first-order chi connectivity index (χ1) is 14.1. The summed E-state index contributed by atoms with van der Waals surface area (Å²) in [5, 5.41) is 4.00. The largest absolute Gasteiger partial charge is 0.457 e. The number of hydrazone groups is 1. The third-order valence-corrected chi connectivity index (χ3v) is 4.43. The van der Waals surface area contributed by atoms with Gasteiger partial charge in [0.1, 0.15) is 11.5 Å². The van der Waals surface area contributed by atoms with Crippen molar-refractivity contribution in [1.82, 2.24) is 0 Å². The van der Waals surface area contributed by atoms with Gasteiger partial charge in [-0.05, 0) is 71.1 Å². The van der Waals surface area contributed by atoms with Crippen LogP contribution in [0.5, 0.6) is 11.5 Å². The number of nitrogens with zero attached hydrogens (tertiary/aromatic N) is 1. The fourth-order valence-corrected chi connectivity index (χ4v) is 2.73. The van der Waals surface area contributed by atoms with E-state index in [0.29, 0.717) is 5.75 Å². The number of ether oxygens (including phenoxy) is 1. The highest BCUT2D eigenvalue weighted by atomic mass is 19.4. The molecular weight excluding hydrogens is 389 g/mol. The minimum atomic E-state index is -4.38. The highest BCUT2D eigenvalue weighted by Gasteiger charge is 2.30. The maximum absolute atomic E-state index is 12.7. The summed E-state index contributed by atoms with van der Waals surface area (Å²) in [4.78, 5) is 0. The van der Waals surface area contributed by atoms with E-state index in [1.165, 1.54) is 23.9 Å². The number of nitrogens with one attached hydrogen (secondary N) is 1. The smallest absolute Gasteiger partial charge is 0.416 e. The van der Waals surface area contributed by atoms with Crippen LogP contribution in [0.4, 0.5) is 18.9 Å². The third-order valence-electron chi connectivity index (χ3n) is 4.43. The van der Waals surface area contributed by atoms with E-state index in [0.717, 1.165) is 23.4 Å². The first kappa shape index (κ1) is 21.4. The lowest BCUT2D eigenvalue weighted by Crippen LogP contribution is -2.10. The lowest BCUT2D eigenvalue weighted by Gasteiger charge is -2.19. The second-order valence-corrected chi connectivity index (χ2v) is 7.89. The van der Waals surface area contributed by atoms with Crippen LogP contribution in [-0.4, -0.2) is 6.21 Å². The van der Waals surface area contributed by atoms with Crippen molar-refractivity contribution in [2.75, 3.05) is 5.43 Å². The Kier molecular flexibility index (Phi) is 6.15. The van der Waals surface area contributed by atoms with Crippen molar-refractivity contribution in [2.24, 2.45) is 5.10 Å². The molecule has 0 aliphatic carbocycles. The number of rotatable bonds is 5. The molecule has 1 N–H and O–H groups in total. The molecule has 0 aromatic heterocycles. The fourth-order valence-electron chi connectivity index (χ4n) is 2.73. The van der Waals surface area contributed by atoms with Crippen molar-refractivity contribution in [3.8, 4) is 11.5 Å². The molecule has 3 aromatic rings. The molecule has 0 aliphatic heterocycles. The minimum absolute atomic E-state index is 0.0849. The van der Waals surface area contributed by atoms with E-state index in [9.17, 15) is 13.2 Å². The van der Waals surface area contributed by atoms with E-state index in [1.807, 2.05) is 36.4 Å². The van der Waals surface area contributed by atoms with Crippen molar-refractivity contribution in [3.63, 3.8) is 0 Å². The zero-order valence-corrected chi connectivity index (χ0v) is 17.0. The fraction of sp³-hybridized carbons (Fsp3) is 0.208. The maximum Gasteiger partial charge on any atom is 0.416 e. The van der Waals surface area contributed by atoms with Gasteiger partial charge in [-0.3, -0.25) is 5.43 Å². The van der Waals surface area contributed by atoms with Crippen LogP contribution in [0.2, 0.25) is 0 Å². The summed E-state index contributed by atoms with van der Waals surface area (Å²) in [5.74, 6) is 1.43. The molecule has 0 unspecified atom stereocenters. The Morgan fingerprint density at radius 1 is 0.800 bits per heavy atom. The Morgan fingerprint density at radius 2 is 1.40 bits per heavy atom. The zero-order chi connectivity index (χ0) is 21.8. The minimum Gasteiger partial charge on any atom is -0.457 e. The van der Waals surface area contributed by atoms with E-state index < -0.39 is 11.7 Å². The highest BCUT2D eigenvalue weighted by molar-refractivity contribution is 5.80. The monoisotopic (exact) mass is 412 g/mol. The molecule has 0 spiro atoms. The molecule has 6 heteroatoms. The molecule has 0 heterocycles. The van der Waals surface area contributed by atoms with Crippen LogP contribution in [0, 0.1) is 0 Å². The van der Waals surface area contributed by atoms with E-state index in [4.69, 9.17) is 4.74 Å². The van der Waals surface area contributed by atoms with Gasteiger partial charge < -0.3 is 4.74 Å². The average molecular weight is 412 g/mol. The Bertz CT molecular complexity index is 1000. The molecule has 0 radical (unpaired) electrons. The van der Waals surface area contributed by atoms with Crippen LogP contribution in [0.25, 0.3) is 0 Å². The number of hydrogen-bond donors (Lipinski definition) is 1. The third kappa shape index (κ3) is 5.86.